The van der Waals surface area contributed by atoms with Crippen molar-refractivity contribution in [2.45, 2.75) is 38.7 Å². The number of nitrogens with zero attached hydrogens (tertiary/aromatic N) is 1. The quantitative estimate of drug-likeness (QED) is 0.651. The number of alkyl halides is 3. The molecule has 0 amide bonds. The van der Waals surface area contributed by atoms with E-state index in [9.17, 15) is 18.0 Å². The average molecular weight is 375 g/mol. The van der Waals surface area contributed by atoms with Crippen molar-refractivity contribution in [3.63, 3.8) is 0 Å². The molecule has 1 aromatic rings. The maximum Gasteiger partial charge on any atom is 0.391 e. The molecule has 146 valence electrons. The van der Waals surface area contributed by atoms with Crippen LogP contribution in [-0.2, 0) is 19.0 Å². The van der Waals surface area contributed by atoms with Gasteiger partial charge >= 0.3 is 12.1 Å². The molecule has 1 aliphatic heterocycles. The fourth-order valence-electron chi connectivity index (χ4n) is 2.65. The lowest BCUT2D eigenvalue weighted by Gasteiger charge is -2.29. The molecule has 2 unspecified atom stereocenters. The first kappa shape index (κ1) is 20.5. The SMILES string of the molecule is CCOC(=O)C(CC)OC(F)(F)C(F)c1ccc(N2CCOCC2)cc1. The van der Waals surface area contributed by atoms with Crippen LogP contribution in [0.15, 0.2) is 24.3 Å². The van der Waals surface area contributed by atoms with Crippen LogP contribution in [0.5, 0.6) is 0 Å². The molecule has 1 saturated heterocycles. The monoisotopic (exact) mass is 375 g/mol. The zero-order valence-corrected chi connectivity index (χ0v) is 14.9. The number of halogens is 3. The molecule has 0 radical (unpaired) electrons. The summed E-state index contributed by atoms with van der Waals surface area (Å²) >= 11 is 0. The summed E-state index contributed by atoms with van der Waals surface area (Å²) in [5, 5.41) is 0. The Morgan fingerprint density at radius 1 is 1.23 bits per heavy atom. The second kappa shape index (κ2) is 9.23. The van der Waals surface area contributed by atoms with Gasteiger partial charge in [0, 0.05) is 18.8 Å². The lowest BCUT2D eigenvalue weighted by atomic mass is 10.1. The molecule has 1 aromatic carbocycles. The van der Waals surface area contributed by atoms with E-state index in [0.717, 1.165) is 5.69 Å². The predicted octanol–water partition coefficient (Wildman–Crippen LogP) is 3.48. The van der Waals surface area contributed by atoms with Crippen LogP contribution in [0.4, 0.5) is 18.9 Å². The summed E-state index contributed by atoms with van der Waals surface area (Å²) in [7, 11) is 0. The van der Waals surface area contributed by atoms with Crippen molar-refractivity contribution in [1.29, 1.82) is 0 Å². The normalized spacial score (nSPS) is 17.7. The van der Waals surface area contributed by atoms with Gasteiger partial charge in [-0.3, -0.25) is 0 Å². The highest BCUT2D eigenvalue weighted by Crippen LogP contribution is 2.38. The van der Waals surface area contributed by atoms with Crippen LogP contribution in [0.25, 0.3) is 0 Å². The van der Waals surface area contributed by atoms with Crippen LogP contribution in [0.2, 0.25) is 0 Å². The topological polar surface area (TPSA) is 48.0 Å². The third-order valence-corrected chi connectivity index (χ3v) is 4.08. The Morgan fingerprint density at radius 3 is 2.38 bits per heavy atom. The molecular weight excluding hydrogens is 351 g/mol. The first-order valence-corrected chi connectivity index (χ1v) is 8.68. The van der Waals surface area contributed by atoms with Crippen LogP contribution in [0.1, 0.15) is 32.0 Å². The summed E-state index contributed by atoms with van der Waals surface area (Å²) in [5.74, 6) is -0.926. The predicted molar refractivity (Wildman–Crippen MR) is 90.1 cm³/mol. The van der Waals surface area contributed by atoms with Gasteiger partial charge in [0.25, 0.3) is 0 Å². The fourth-order valence-corrected chi connectivity index (χ4v) is 2.65. The Hall–Kier alpha value is -1.80. The van der Waals surface area contributed by atoms with Crippen LogP contribution in [-0.4, -0.2) is 51.1 Å². The lowest BCUT2D eigenvalue weighted by Crippen LogP contribution is -2.37. The Kier molecular flexibility index (Phi) is 7.28. The minimum Gasteiger partial charge on any atom is -0.464 e. The molecule has 0 aromatic heterocycles. The van der Waals surface area contributed by atoms with Crippen molar-refractivity contribution in [3.8, 4) is 0 Å². The third kappa shape index (κ3) is 5.11. The molecule has 2 atom stereocenters. The number of morpholine rings is 1. The van der Waals surface area contributed by atoms with E-state index in [1.54, 1.807) is 19.1 Å². The summed E-state index contributed by atoms with van der Waals surface area (Å²) in [6.45, 7) is 5.63. The van der Waals surface area contributed by atoms with E-state index in [2.05, 4.69) is 9.47 Å². The number of rotatable bonds is 8. The maximum absolute atomic E-state index is 14.4. The largest absolute Gasteiger partial charge is 0.464 e. The Labute approximate surface area is 151 Å². The zero-order valence-electron chi connectivity index (χ0n) is 14.9. The summed E-state index contributed by atoms with van der Waals surface area (Å²) in [6.07, 6.45) is -8.40. The van der Waals surface area contributed by atoms with E-state index in [-0.39, 0.29) is 18.6 Å². The molecular formula is C18H24F3NO4. The van der Waals surface area contributed by atoms with Crippen molar-refractivity contribution in [3.05, 3.63) is 29.8 Å². The van der Waals surface area contributed by atoms with Crippen molar-refractivity contribution >= 4 is 11.7 Å². The van der Waals surface area contributed by atoms with Gasteiger partial charge in [-0.15, -0.1) is 0 Å². The van der Waals surface area contributed by atoms with E-state index in [1.165, 1.54) is 19.1 Å². The van der Waals surface area contributed by atoms with Crippen LogP contribution in [0.3, 0.4) is 0 Å². The summed E-state index contributed by atoms with van der Waals surface area (Å²) in [6, 6.07) is 5.79. The van der Waals surface area contributed by atoms with Gasteiger partial charge in [-0.1, -0.05) is 19.1 Å². The maximum atomic E-state index is 14.4. The highest BCUT2D eigenvalue weighted by molar-refractivity contribution is 5.74. The second-order valence-electron chi connectivity index (χ2n) is 5.88. The molecule has 0 bridgehead atoms. The van der Waals surface area contributed by atoms with Gasteiger partial charge in [0.1, 0.15) is 0 Å². The van der Waals surface area contributed by atoms with Crippen molar-refractivity contribution < 1.29 is 32.2 Å². The van der Waals surface area contributed by atoms with Crippen molar-refractivity contribution in [2.75, 3.05) is 37.8 Å². The highest BCUT2D eigenvalue weighted by Gasteiger charge is 2.46. The number of benzene rings is 1. The molecule has 8 heteroatoms. The first-order chi connectivity index (χ1) is 12.4. The standard InChI is InChI=1S/C18H24F3NO4/c1-3-15(17(23)25-4-2)26-18(20,21)16(19)13-5-7-14(8-6-13)22-9-11-24-12-10-22/h5-8,15-16H,3-4,9-12H2,1-2H3. The molecule has 1 fully saturated rings. The average Bonchev–Trinajstić information content (AvgIpc) is 2.66. The Balaban J connectivity index is 2.05. The third-order valence-electron chi connectivity index (χ3n) is 4.08. The number of hydrogen-bond donors (Lipinski definition) is 0. The van der Waals surface area contributed by atoms with Gasteiger partial charge in [0.2, 0.25) is 6.17 Å². The number of esters is 1. The molecule has 0 N–H and O–H groups in total. The molecule has 26 heavy (non-hydrogen) atoms. The van der Waals surface area contributed by atoms with E-state index >= 15 is 0 Å². The summed E-state index contributed by atoms with van der Waals surface area (Å²) in [4.78, 5) is 13.6. The molecule has 0 spiro atoms. The van der Waals surface area contributed by atoms with Crippen LogP contribution < -0.4 is 4.90 Å². The number of anilines is 1. The number of carbonyl (C=O) groups excluding carboxylic acids is 1. The van der Waals surface area contributed by atoms with Crippen LogP contribution in [0, 0.1) is 0 Å². The Morgan fingerprint density at radius 2 is 1.85 bits per heavy atom. The van der Waals surface area contributed by atoms with Gasteiger partial charge in [0.05, 0.1) is 19.8 Å². The molecule has 0 aliphatic carbocycles. The molecule has 1 heterocycles. The molecule has 5 nitrogen and oxygen atoms in total. The lowest BCUT2D eigenvalue weighted by molar-refractivity contribution is -0.295. The van der Waals surface area contributed by atoms with Crippen molar-refractivity contribution in [1.82, 2.24) is 0 Å². The minimum absolute atomic E-state index is 0.0340. The molecule has 2 rings (SSSR count). The summed E-state index contributed by atoms with van der Waals surface area (Å²) < 4.78 is 57.1. The highest BCUT2D eigenvalue weighted by atomic mass is 19.3. The zero-order chi connectivity index (χ0) is 19.2. The minimum atomic E-state index is -4.14. The smallest absolute Gasteiger partial charge is 0.391 e. The van der Waals surface area contributed by atoms with Crippen LogP contribution >= 0.6 is 0 Å². The van der Waals surface area contributed by atoms with Crippen molar-refractivity contribution in [2.24, 2.45) is 0 Å². The van der Waals surface area contributed by atoms with Gasteiger partial charge in [-0.25, -0.2) is 9.18 Å². The summed E-state index contributed by atoms with van der Waals surface area (Å²) in [5.41, 5.74) is 0.595. The number of ether oxygens (including phenoxy) is 3. The van der Waals surface area contributed by atoms with Gasteiger partial charge in [0.15, 0.2) is 6.10 Å². The van der Waals surface area contributed by atoms with Gasteiger partial charge in [-0.2, -0.15) is 8.78 Å². The van der Waals surface area contributed by atoms with E-state index in [1.807, 2.05) is 4.90 Å². The number of hydrogen-bond acceptors (Lipinski definition) is 5. The van der Waals surface area contributed by atoms with E-state index < -0.39 is 24.4 Å². The van der Waals surface area contributed by atoms with Gasteiger partial charge < -0.3 is 19.1 Å². The van der Waals surface area contributed by atoms with Gasteiger partial charge in [-0.05, 0) is 31.0 Å². The number of carbonyl (C=O) groups is 1. The fraction of sp³-hybridized carbons (Fsp3) is 0.611. The van der Waals surface area contributed by atoms with E-state index in [4.69, 9.17) is 4.74 Å². The second-order valence-corrected chi connectivity index (χ2v) is 5.88. The Bertz CT molecular complexity index is 576. The molecule has 1 aliphatic rings. The molecule has 0 saturated carbocycles. The van der Waals surface area contributed by atoms with E-state index in [0.29, 0.717) is 26.3 Å². The first-order valence-electron chi connectivity index (χ1n) is 8.68.